The highest BCUT2D eigenvalue weighted by molar-refractivity contribution is 5.90. The molecule has 1 aliphatic rings. The van der Waals surface area contributed by atoms with E-state index in [0.29, 0.717) is 5.56 Å². The van der Waals surface area contributed by atoms with Crippen LogP contribution in [0.25, 0.3) is 0 Å². The molecule has 1 fully saturated rings. The molecule has 3 aromatic carbocycles. The lowest BCUT2D eigenvalue weighted by molar-refractivity contribution is -0.129. The average molecular weight is 464 g/mol. The van der Waals surface area contributed by atoms with Gasteiger partial charge in [-0.05, 0) is 36.4 Å². The zero-order chi connectivity index (χ0) is 23.9. The Morgan fingerprint density at radius 2 is 1.12 bits per heavy atom. The lowest BCUT2D eigenvalue weighted by Gasteiger charge is -2.19. The van der Waals surface area contributed by atoms with Crippen LogP contribution in [0.2, 0.25) is 0 Å². The number of hydrogen-bond acceptors (Lipinski definition) is 7. The molecule has 0 bridgehead atoms. The normalized spacial score (nSPS) is 21.4. The van der Waals surface area contributed by atoms with Gasteiger partial charge in [0.15, 0.2) is 6.10 Å². The number of ether oxygens (including phenoxy) is 4. The Kier molecular flexibility index (Phi) is 7.29. The Morgan fingerprint density at radius 3 is 1.62 bits per heavy atom. The smallest absolute Gasteiger partial charge is 0.340 e. The summed E-state index contributed by atoms with van der Waals surface area (Å²) in [6.45, 7) is -0.416. The van der Waals surface area contributed by atoms with Crippen LogP contribution in [0, 0.1) is 0 Å². The van der Waals surface area contributed by atoms with Gasteiger partial charge in [0, 0.05) is 0 Å². The second-order valence-electron chi connectivity index (χ2n) is 7.46. The summed E-state index contributed by atoms with van der Waals surface area (Å²) >= 11 is 0. The lowest BCUT2D eigenvalue weighted by Crippen LogP contribution is -2.37. The van der Waals surface area contributed by atoms with Gasteiger partial charge in [0.25, 0.3) is 0 Å². The molecule has 0 saturated carbocycles. The zero-order valence-electron chi connectivity index (χ0n) is 17.9. The maximum Gasteiger partial charge on any atom is 0.340 e. The van der Waals surface area contributed by atoms with E-state index in [1.54, 1.807) is 66.7 Å². The first kappa shape index (κ1) is 23.1. The molecule has 4 atom stereocenters. The van der Waals surface area contributed by atoms with Crippen LogP contribution in [-0.2, 0) is 18.9 Å². The van der Waals surface area contributed by atoms with Crippen LogP contribution in [0.3, 0.4) is 0 Å². The number of halogens is 1. The number of carbonyl (C=O) groups excluding carboxylic acids is 3. The molecule has 0 N–H and O–H groups in total. The Morgan fingerprint density at radius 1 is 0.676 bits per heavy atom. The summed E-state index contributed by atoms with van der Waals surface area (Å²) in [6.07, 6.45) is -6.31. The molecular formula is C26H21FO7. The minimum absolute atomic E-state index is 0.204. The van der Waals surface area contributed by atoms with Gasteiger partial charge in [-0.3, -0.25) is 0 Å². The third-order valence-corrected chi connectivity index (χ3v) is 5.12. The molecule has 4 rings (SSSR count). The van der Waals surface area contributed by atoms with Crippen molar-refractivity contribution < 1.29 is 37.7 Å². The highest BCUT2D eigenvalue weighted by Crippen LogP contribution is 2.29. The summed E-state index contributed by atoms with van der Waals surface area (Å²) in [5.41, 5.74) is 0.705. The molecule has 1 aliphatic heterocycles. The van der Waals surface area contributed by atoms with Crippen LogP contribution in [-0.4, -0.2) is 49.2 Å². The van der Waals surface area contributed by atoms with Crippen LogP contribution in [0.5, 0.6) is 0 Å². The van der Waals surface area contributed by atoms with Crippen molar-refractivity contribution in [1.29, 1.82) is 0 Å². The third-order valence-electron chi connectivity index (χ3n) is 5.12. The van der Waals surface area contributed by atoms with Crippen molar-refractivity contribution in [3.8, 4) is 0 Å². The molecule has 8 heteroatoms. The molecule has 0 amide bonds. The third kappa shape index (κ3) is 5.47. The number of rotatable bonds is 7. The molecule has 3 aromatic rings. The SMILES string of the molecule is O=C(OC[C@@H]1OC(OC(=O)c2ccccc2)[C@H](F)[C@H]1OC(=O)c1ccccc1)c1ccccc1. The van der Waals surface area contributed by atoms with E-state index in [0.717, 1.165) is 0 Å². The fourth-order valence-corrected chi connectivity index (χ4v) is 3.38. The lowest BCUT2D eigenvalue weighted by atomic mass is 10.1. The number of carbonyl (C=O) groups is 3. The molecular weight excluding hydrogens is 443 g/mol. The largest absolute Gasteiger partial charge is 0.459 e. The molecule has 1 saturated heterocycles. The molecule has 0 aromatic heterocycles. The summed E-state index contributed by atoms with van der Waals surface area (Å²) in [5, 5.41) is 0. The van der Waals surface area contributed by atoms with Gasteiger partial charge < -0.3 is 18.9 Å². The Labute approximate surface area is 195 Å². The predicted octanol–water partition coefficient (Wildman–Crippen LogP) is 3.99. The van der Waals surface area contributed by atoms with Crippen molar-refractivity contribution in [2.75, 3.05) is 6.61 Å². The first-order valence-electron chi connectivity index (χ1n) is 10.6. The molecule has 0 spiro atoms. The van der Waals surface area contributed by atoms with E-state index < -0.39 is 49.2 Å². The molecule has 1 heterocycles. The number of alkyl halides is 1. The van der Waals surface area contributed by atoms with E-state index in [4.69, 9.17) is 18.9 Å². The Bertz CT molecular complexity index is 1120. The highest BCUT2D eigenvalue weighted by atomic mass is 19.1. The van der Waals surface area contributed by atoms with Crippen molar-refractivity contribution in [1.82, 2.24) is 0 Å². The van der Waals surface area contributed by atoms with Crippen molar-refractivity contribution in [2.24, 2.45) is 0 Å². The molecule has 7 nitrogen and oxygen atoms in total. The number of hydrogen-bond donors (Lipinski definition) is 0. The summed E-state index contributed by atoms with van der Waals surface area (Å²) in [5.74, 6) is -2.24. The topological polar surface area (TPSA) is 88.1 Å². The first-order chi connectivity index (χ1) is 16.5. The van der Waals surface area contributed by atoms with Crippen LogP contribution in [0.4, 0.5) is 4.39 Å². The van der Waals surface area contributed by atoms with Gasteiger partial charge in [-0.2, -0.15) is 0 Å². The van der Waals surface area contributed by atoms with Crippen molar-refractivity contribution in [3.63, 3.8) is 0 Å². The van der Waals surface area contributed by atoms with E-state index in [1.807, 2.05) is 0 Å². The summed E-state index contributed by atoms with van der Waals surface area (Å²) < 4.78 is 36.6. The molecule has 34 heavy (non-hydrogen) atoms. The van der Waals surface area contributed by atoms with E-state index in [-0.39, 0.29) is 11.1 Å². The van der Waals surface area contributed by atoms with Gasteiger partial charge in [-0.15, -0.1) is 0 Å². The summed E-state index contributed by atoms with van der Waals surface area (Å²) in [4.78, 5) is 37.2. The number of esters is 3. The monoisotopic (exact) mass is 464 g/mol. The maximum absolute atomic E-state index is 15.3. The standard InChI is InChI=1S/C26H21FO7/c27-21-22(33-24(29)18-12-6-2-7-13-18)20(16-31-23(28)17-10-4-1-5-11-17)32-26(21)34-25(30)19-14-8-3-9-15-19/h1-15,20-22,26H,16H2/t20-,21+,22-,26?/m0/s1. The second-order valence-corrected chi connectivity index (χ2v) is 7.46. The fourth-order valence-electron chi connectivity index (χ4n) is 3.38. The summed E-state index contributed by atoms with van der Waals surface area (Å²) in [7, 11) is 0. The fraction of sp³-hybridized carbons (Fsp3) is 0.192. The molecule has 1 unspecified atom stereocenters. The average Bonchev–Trinajstić information content (AvgIpc) is 3.17. The van der Waals surface area contributed by atoms with Gasteiger partial charge in [0.2, 0.25) is 12.5 Å². The Balaban J connectivity index is 1.47. The van der Waals surface area contributed by atoms with Gasteiger partial charge in [0.05, 0.1) is 16.7 Å². The van der Waals surface area contributed by atoms with Crippen molar-refractivity contribution in [3.05, 3.63) is 108 Å². The summed E-state index contributed by atoms with van der Waals surface area (Å²) in [6, 6.07) is 24.2. The predicted molar refractivity (Wildman–Crippen MR) is 118 cm³/mol. The molecule has 0 aliphatic carbocycles. The van der Waals surface area contributed by atoms with E-state index in [1.165, 1.54) is 24.3 Å². The minimum atomic E-state index is -2.00. The zero-order valence-corrected chi connectivity index (χ0v) is 17.9. The molecule has 174 valence electrons. The second kappa shape index (κ2) is 10.7. The van der Waals surface area contributed by atoms with Crippen LogP contribution in [0.15, 0.2) is 91.0 Å². The number of benzene rings is 3. The maximum atomic E-state index is 15.3. The van der Waals surface area contributed by atoms with Gasteiger partial charge >= 0.3 is 17.9 Å². The van der Waals surface area contributed by atoms with E-state index in [9.17, 15) is 14.4 Å². The quantitative estimate of drug-likeness (QED) is 0.386. The van der Waals surface area contributed by atoms with E-state index >= 15 is 4.39 Å². The van der Waals surface area contributed by atoms with E-state index in [2.05, 4.69) is 0 Å². The van der Waals surface area contributed by atoms with Crippen LogP contribution < -0.4 is 0 Å². The highest BCUT2D eigenvalue weighted by Gasteiger charge is 2.50. The minimum Gasteiger partial charge on any atom is -0.459 e. The van der Waals surface area contributed by atoms with Crippen molar-refractivity contribution >= 4 is 17.9 Å². The first-order valence-corrected chi connectivity index (χ1v) is 10.6. The molecule has 0 radical (unpaired) electrons. The van der Waals surface area contributed by atoms with Gasteiger partial charge in [-0.25, -0.2) is 18.8 Å². The van der Waals surface area contributed by atoms with Crippen LogP contribution >= 0.6 is 0 Å². The van der Waals surface area contributed by atoms with Crippen LogP contribution in [0.1, 0.15) is 31.1 Å². The van der Waals surface area contributed by atoms with Crippen molar-refractivity contribution in [2.45, 2.75) is 24.7 Å². The Hall–Kier alpha value is -4.04. The van der Waals surface area contributed by atoms with Gasteiger partial charge in [0.1, 0.15) is 12.7 Å². The van der Waals surface area contributed by atoms with Gasteiger partial charge in [-0.1, -0.05) is 54.6 Å².